The molecule has 10 heteroatoms. The number of sulfonamides is 1. The van der Waals surface area contributed by atoms with Crippen molar-refractivity contribution in [3.63, 3.8) is 0 Å². The van der Waals surface area contributed by atoms with E-state index in [1.807, 2.05) is 36.4 Å². The van der Waals surface area contributed by atoms with Gasteiger partial charge in [-0.2, -0.15) is 5.10 Å². The summed E-state index contributed by atoms with van der Waals surface area (Å²) >= 11 is 0. The molecular weight excluding hydrogens is 478 g/mol. The monoisotopic (exact) mass is 502 g/mol. The molecule has 1 aliphatic heterocycles. The van der Waals surface area contributed by atoms with Gasteiger partial charge in [0.25, 0.3) is 10.0 Å². The molecule has 0 bridgehead atoms. The Bertz CT molecular complexity index is 1490. The van der Waals surface area contributed by atoms with Crippen LogP contribution in [-0.4, -0.2) is 35.6 Å². The molecule has 0 aliphatic carbocycles. The summed E-state index contributed by atoms with van der Waals surface area (Å²) in [5.74, 6) is -0.419. The number of benzene rings is 2. The van der Waals surface area contributed by atoms with Crippen LogP contribution in [0.5, 0.6) is 5.88 Å². The standard InChI is InChI=1S/C26H25N5O4S/c1-2-30(20-11-7-4-8-12-20)36(34,35)21-13-15-23(27-17-21)31-26(33)25-22(28-31)14-16-24(32)29(25)18-19-9-5-3-6-10-19/h3-13,15,17,33H,2,14,16,18H2,1H3/p-1. The lowest BCUT2D eigenvalue weighted by molar-refractivity contribution is -0.276. The lowest BCUT2D eigenvalue weighted by Gasteiger charge is -2.29. The minimum atomic E-state index is -3.86. The second-order valence-corrected chi connectivity index (χ2v) is 10.2. The Labute approximate surface area is 209 Å². The van der Waals surface area contributed by atoms with Crippen molar-refractivity contribution >= 4 is 27.3 Å². The molecule has 36 heavy (non-hydrogen) atoms. The molecule has 4 aromatic rings. The molecule has 2 aromatic heterocycles. The SMILES string of the molecule is CCN(c1ccccc1)S(=O)(=O)c1ccc(-n2nc3c(c2[O-])N(Cc2ccccc2)C(=O)CC3)nc1. The van der Waals surface area contributed by atoms with Crippen LogP contribution >= 0.6 is 0 Å². The highest BCUT2D eigenvalue weighted by Crippen LogP contribution is 2.36. The highest BCUT2D eigenvalue weighted by Gasteiger charge is 2.29. The summed E-state index contributed by atoms with van der Waals surface area (Å²) in [5.41, 5.74) is 2.22. The number of hydrogen-bond acceptors (Lipinski definition) is 6. The largest absolute Gasteiger partial charge is 0.857 e. The van der Waals surface area contributed by atoms with Gasteiger partial charge in [0.05, 0.1) is 23.6 Å². The fourth-order valence-corrected chi connectivity index (χ4v) is 5.73. The van der Waals surface area contributed by atoms with E-state index < -0.39 is 15.9 Å². The van der Waals surface area contributed by atoms with Gasteiger partial charge in [-0.15, -0.1) is 0 Å². The smallest absolute Gasteiger partial charge is 0.265 e. The molecule has 0 unspecified atom stereocenters. The van der Waals surface area contributed by atoms with Gasteiger partial charge in [0, 0.05) is 31.5 Å². The predicted octanol–water partition coefficient (Wildman–Crippen LogP) is 3.04. The van der Waals surface area contributed by atoms with E-state index in [0.717, 1.165) is 10.2 Å². The fourth-order valence-electron chi connectivity index (χ4n) is 4.31. The number of rotatable bonds is 7. The number of fused-ring (bicyclic) bond motifs is 1. The third kappa shape index (κ3) is 4.20. The zero-order chi connectivity index (χ0) is 25.3. The highest BCUT2D eigenvalue weighted by molar-refractivity contribution is 7.92. The van der Waals surface area contributed by atoms with Crippen molar-refractivity contribution < 1.29 is 18.3 Å². The maximum Gasteiger partial charge on any atom is 0.265 e. The van der Waals surface area contributed by atoms with Gasteiger partial charge in [-0.25, -0.2) is 18.1 Å². The molecule has 2 aromatic carbocycles. The first-order valence-electron chi connectivity index (χ1n) is 11.6. The Hall–Kier alpha value is -4.18. The van der Waals surface area contributed by atoms with Gasteiger partial charge in [-0.3, -0.25) is 9.10 Å². The number of aryl methyl sites for hydroxylation is 1. The first kappa shape index (κ1) is 23.6. The zero-order valence-electron chi connectivity index (χ0n) is 19.6. The Balaban J connectivity index is 1.47. The summed E-state index contributed by atoms with van der Waals surface area (Å²) in [4.78, 5) is 18.4. The summed E-state index contributed by atoms with van der Waals surface area (Å²) < 4.78 is 28.9. The number of carbonyl (C=O) groups is 1. The van der Waals surface area contributed by atoms with Crippen LogP contribution in [0.25, 0.3) is 5.82 Å². The Kier molecular flexibility index (Phi) is 6.19. The molecule has 0 atom stereocenters. The third-order valence-corrected chi connectivity index (χ3v) is 7.96. The van der Waals surface area contributed by atoms with Crippen LogP contribution in [0, 0.1) is 0 Å². The summed E-state index contributed by atoms with van der Waals surface area (Å²) in [6.07, 6.45) is 1.84. The van der Waals surface area contributed by atoms with Crippen LogP contribution in [0.1, 0.15) is 24.6 Å². The first-order chi connectivity index (χ1) is 17.4. The van der Waals surface area contributed by atoms with E-state index in [1.54, 1.807) is 31.2 Å². The number of nitrogens with zero attached hydrogens (tertiary/aromatic N) is 5. The normalized spacial score (nSPS) is 13.5. The van der Waals surface area contributed by atoms with Gasteiger partial charge in [-0.05, 0) is 36.8 Å². The minimum Gasteiger partial charge on any atom is -0.857 e. The van der Waals surface area contributed by atoms with E-state index in [4.69, 9.17) is 0 Å². The maximum atomic E-state index is 13.3. The van der Waals surface area contributed by atoms with Crippen molar-refractivity contribution in [3.05, 3.63) is 90.3 Å². The zero-order valence-corrected chi connectivity index (χ0v) is 20.4. The predicted molar refractivity (Wildman–Crippen MR) is 133 cm³/mol. The number of amides is 1. The van der Waals surface area contributed by atoms with Crippen molar-refractivity contribution in [1.29, 1.82) is 0 Å². The van der Waals surface area contributed by atoms with Crippen LogP contribution in [0.3, 0.4) is 0 Å². The second-order valence-electron chi connectivity index (χ2n) is 8.34. The minimum absolute atomic E-state index is 0.00204. The second kappa shape index (κ2) is 9.46. The van der Waals surface area contributed by atoms with E-state index in [1.165, 1.54) is 27.5 Å². The van der Waals surface area contributed by atoms with E-state index in [9.17, 15) is 18.3 Å². The van der Waals surface area contributed by atoms with Crippen LogP contribution < -0.4 is 14.3 Å². The average Bonchev–Trinajstić information content (AvgIpc) is 3.24. The van der Waals surface area contributed by atoms with E-state index in [0.29, 0.717) is 17.8 Å². The van der Waals surface area contributed by atoms with Crippen LogP contribution in [-0.2, 0) is 27.8 Å². The molecular formula is C26H24N5O4S-. The van der Waals surface area contributed by atoms with Gasteiger partial charge in [-0.1, -0.05) is 48.5 Å². The lowest BCUT2D eigenvalue weighted by atomic mass is 10.1. The van der Waals surface area contributed by atoms with Gasteiger partial charge in [0.1, 0.15) is 4.90 Å². The van der Waals surface area contributed by atoms with Crippen molar-refractivity contribution in [2.24, 2.45) is 0 Å². The number of hydrogen-bond donors (Lipinski definition) is 0. The van der Waals surface area contributed by atoms with Crippen molar-refractivity contribution in [2.75, 3.05) is 15.7 Å². The highest BCUT2D eigenvalue weighted by atomic mass is 32.2. The number of pyridine rings is 1. The van der Waals surface area contributed by atoms with Gasteiger partial charge in [0.15, 0.2) is 5.82 Å². The molecule has 0 fully saturated rings. The molecule has 184 valence electrons. The quantitative estimate of drug-likeness (QED) is 0.384. The molecule has 1 aliphatic rings. The van der Waals surface area contributed by atoms with Crippen LogP contribution in [0.4, 0.5) is 11.4 Å². The lowest BCUT2D eigenvalue weighted by Crippen LogP contribution is -2.34. The summed E-state index contributed by atoms with van der Waals surface area (Å²) in [7, 11) is -3.86. The Morgan fingerprint density at radius 2 is 1.67 bits per heavy atom. The van der Waals surface area contributed by atoms with Crippen molar-refractivity contribution in [1.82, 2.24) is 14.8 Å². The summed E-state index contributed by atoms with van der Waals surface area (Å²) in [6, 6.07) is 21.1. The molecule has 0 radical (unpaired) electrons. The Morgan fingerprint density at radius 3 is 2.31 bits per heavy atom. The van der Waals surface area contributed by atoms with Crippen LogP contribution in [0.2, 0.25) is 0 Å². The molecule has 0 saturated heterocycles. The van der Waals surface area contributed by atoms with E-state index in [2.05, 4.69) is 10.1 Å². The van der Waals surface area contributed by atoms with E-state index in [-0.39, 0.29) is 41.8 Å². The molecule has 9 nitrogen and oxygen atoms in total. The number of para-hydroxylation sites is 1. The molecule has 1 amide bonds. The summed E-state index contributed by atoms with van der Waals surface area (Å²) in [5, 5.41) is 17.7. The fraction of sp³-hybridized carbons (Fsp3) is 0.192. The number of aromatic nitrogens is 3. The average molecular weight is 503 g/mol. The van der Waals surface area contributed by atoms with Gasteiger partial charge < -0.3 is 10.0 Å². The number of anilines is 2. The van der Waals surface area contributed by atoms with Gasteiger partial charge >= 0.3 is 0 Å². The van der Waals surface area contributed by atoms with E-state index >= 15 is 0 Å². The topological polar surface area (TPSA) is 111 Å². The van der Waals surface area contributed by atoms with Crippen molar-refractivity contribution in [3.8, 4) is 11.7 Å². The van der Waals surface area contributed by atoms with Crippen LogP contribution in [0.15, 0.2) is 83.9 Å². The molecule has 0 spiro atoms. The maximum absolute atomic E-state index is 13.3. The summed E-state index contributed by atoms with van der Waals surface area (Å²) in [6.45, 7) is 2.27. The molecule has 0 saturated carbocycles. The third-order valence-electron chi connectivity index (χ3n) is 6.08. The van der Waals surface area contributed by atoms with Gasteiger partial charge in [0.2, 0.25) is 5.91 Å². The first-order valence-corrected chi connectivity index (χ1v) is 13.0. The molecule has 3 heterocycles. The Morgan fingerprint density at radius 1 is 0.972 bits per heavy atom. The molecule has 0 N–H and O–H groups in total. The molecule has 5 rings (SSSR count). The van der Waals surface area contributed by atoms with Crippen molar-refractivity contribution in [2.45, 2.75) is 31.2 Å². The number of carbonyl (C=O) groups excluding carboxylic acids is 1.